The van der Waals surface area contributed by atoms with Crippen LogP contribution in [0, 0.1) is 0 Å². The van der Waals surface area contributed by atoms with Gasteiger partial charge in [0.05, 0.1) is 22.1 Å². The molecule has 15 rings (SSSR count). The second-order valence-electron chi connectivity index (χ2n) is 17.9. The van der Waals surface area contributed by atoms with Crippen molar-refractivity contribution in [2.24, 2.45) is 0 Å². The molecule has 288 valence electrons. The highest BCUT2D eigenvalue weighted by atomic mass is 15.0. The molecule has 9 aromatic carbocycles. The second-order valence-corrected chi connectivity index (χ2v) is 17.9. The van der Waals surface area contributed by atoms with Crippen molar-refractivity contribution >= 4 is 70.9 Å². The Morgan fingerprint density at radius 1 is 0.387 bits per heavy atom. The van der Waals surface area contributed by atoms with Crippen LogP contribution in [0.1, 0.15) is 24.5 Å². The summed E-state index contributed by atoms with van der Waals surface area (Å²) in [5.41, 5.74) is 25.2. The Morgan fingerprint density at radius 3 is 1.73 bits per heavy atom. The van der Waals surface area contributed by atoms with Crippen molar-refractivity contribution < 1.29 is 0 Å². The van der Waals surface area contributed by atoms with Gasteiger partial charge in [-0.2, -0.15) is 0 Å². The highest BCUT2D eigenvalue weighted by molar-refractivity contribution is 6.32. The van der Waals surface area contributed by atoms with Crippen LogP contribution >= 0.6 is 0 Å². The molecule has 0 atom stereocenters. The van der Waals surface area contributed by atoms with E-state index in [-0.39, 0.29) is 0 Å². The SMILES string of the molecule is CC1=CC=C(n2c3cc4c(cc3c3c5cccc6c5c(cc32)-c2ccccc2-6)-c2ccc3c(c2CC4)c2c4cccc5c4c(cc2n3-c2ccccc2)-c2ccccc2-5)C=CC1. The molecule has 0 amide bonds. The number of fused-ring (bicyclic) bond motifs is 18. The zero-order chi connectivity index (χ0) is 40.4. The molecule has 0 aliphatic heterocycles. The Hall–Kier alpha value is -7.68. The fraction of sp³-hybridized carbons (Fsp3) is 0.0667. The van der Waals surface area contributed by atoms with Crippen LogP contribution in [0.3, 0.4) is 0 Å². The number of aromatic nitrogens is 2. The van der Waals surface area contributed by atoms with Crippen molar-refractivity contribution in [2.45, 2.75) is 26.2 Å². The average Bonchev–Trinajstić information content (AvgIpc) is 3.99. The minimum atomic E-state index is 0.966. The third kappa shape index (κ3) is 4.10. The molecule has 2 heteroatoms. The zero-order valence-corrected chi connectivity index (χ0v) is 34.3. The van der Waals surface area contributed by atoms with Crippen LogP contribution in [0.4, 0.5) is 0 Å². The summed E-state index contributed by atoms with van der Waals surface area (Å²) in [6, 6.07) is 57.8. The largest absolute Gasteiger partial charge is 0.309 e. The maximum Gasteiger partial charge on any atom is 0.0553 e. The van der Waals surface area contributed by atoms with Gasteiger partial charge in [-0.15, -0.1) is 0 Å². The number of para-hydroxylation sites is 1. The van der Waals surface area contributed by atoms with E-state index in [0.29, 0.717) is 0 Å². The predicted molar refractivity (Wildman–Crippen MR) is 262 cm³/mol. The lowest BCUT2D eigenvalue weighted by Crippen LogP contribution is -2.05. The summed E-state index contributed by atoms with van der Waals surface area (Å²) < 4.78 is 5.10. The van der Waals surface area contributed by atoms with Gasteiger partial charge >= 0.3 is 0 Å². The molecule has 0 saturated heterocycles. The highest BCUT2D eigenvalue weighted by Gasteiger charge is 2.31. The lowest BCUT2D eigenvalue weighted by molar-refractivity contribution is 0.952. The number of hydrogen-bond donors (Lipinski definition) is 0. The van der Waals surface area contributed by atoms with Gasteiger partial charge in [-0.05, 0) is 169 Å². The normalized spacial score (nSPS) is 14.5. The van der Waals surface area contributed by atoms with Gasteiger partial charge in [0.25, 0.3) is 0 Å². The van der Waals surface area contributed by atoms with Crippen LogP contribution in [0.25, 0.3) is 132 Å². The first-order valence-electron chi connectivity index (χ1n) is 22.1. The average molecular weight is 787 g/mol. The minimum absolute atomic E-state index is 0.966. The summed E-state index contributed by atoms with van der Waals surface area (Å²) in [4.78, 5) is 0. The van der Waals surface area contributed by atoms with Crippen molar-refractivity contribution in [3.8, 4) is 61.3 Å². The molecule has 0 spiro atoms. The predicted octanol–water partition coefficient (Wildman–Crippen LogP) is 16.0. The minimum Gasteiger partial charge on any atom is -0.309 e. The molecule has 2 nitrogen and oxygen atoms in total. The molecular weight excluding hydrogens is 749 g/mol. The molecule has 62 heavy (non-hydrogen) atoms. The van der Waals surface area contributed by atoms with Crippen molar-refractivity contribution in [2.75, 3.05) is 0 Å². The van der Waals surface area contributed by atoms with Gasteiger partial charge in [-0.3, -0.25) is 0 Å². The van der Waals surface area contributed by atoms with E-state index in [0.717, 1.165) is 19.3 Å². The van der Waals surface area contributed by atoms with Gasteiger partial charge in [0.1, 0.15) is 0 Å². The van der Waals surface area contributed by atoms with Crippen molar-refractivity contribution in [1.29, 1.82) is 0 Å². The fourth-order valence-electron chi connectivity index (χ4n) is 12.2. The lowest BCUT2D eigenvalue weighted by atomic mass is 9.82. The monoisotopic (exact) mass is 786 g/mol. The number of hydrogen-bond acceptors (Lipinski definition) is 0. The first-order valence-corrected chi connectivity index (χ1v) is 22.1. The molecule has 4 aliphatic carbocycles. The van der Waals surface area contributed by atoms with E-state index >= 15 is 0 Å². The van der Waals surface area contributed by atoms with Crippen LogP contribution in [0.5, 0.6) is 0 Å². The van der Waals surface area contributed by atoms with E-state index < -0.39 is 0 Å². The molecule has 0 saturated carbocycles. The van der Waals surface area contributed by atoms with Crippen molar-refractivity contribution in [3.05, 3.63) is 193 Å². The first-order chi connectivity index (χ1) is 30.7. The Morgan fingerprint density at radius 2 is 1.02 bits per heavy atom. The molecular formula is C60H38N2. The maximum atomic E-state index is 2.57. The fourth-order valence-corrected chi connectivity index (χ4v) is 12.2. The number of aryl methyl sites for hydroxylation is 2. The topological polar surface area (TPSA) is 9.86 Å². The van der Waals surface area contributed by atoms with E-state index in [2.05, 4.69) is 192 Å². The number of nitrogens with zero attached hydrogens (tertiary/aromatic N) is 2. The van der Waals surface area contributed by atoms with E-state index in [1.807, 2.05) is 0 Å². The highest BCUT2D eigenvalue weighted by Crippen LogP contribution is 2.55. The second kappa shape index (κ2) is 11.8. The third-order valence-electron chi connectivity index (χ3n) is 14.8. The molecule has 0 unspecified atom stereocenters. The number of benzene rings is 9. The summed E-state index contributed by atoms with van der Waals surface area (Å²) in [7, 11) is 0. The Kier molecular flexibility index (Phi) is 6.29. The Balaban J connectivity index is 1.06. The summed E-state index contributed by atoms with van der Waals surface area (Å²) in [6.45, 7) is 2.23. The standard InChI is InChI=1S/C60H38N2/c1-34-12-9-15-37(26-24-34)62-53-30-35-25-27-45-42(48(35)31-51(53)58-46-22-10-20-43-38-16-5-7-18-40(38)49(56(43)46)32-54(58)62)28-29-52-59(45)60-47-23-11-21-44-39-17-6-8-19-41(39)50(57(44)47)33-55(60)61(52)36-13-3-2-4-14-36/h2-11,13-24,26,28-33H,12,25,27H2,1H3. The van der Waals surface area contributed by atoms with Crippen LogP contribution in [-0.4, -0.2) is 9.13 Å². The van der Waals surface area contributed by atoms with Crippen molar-refractivity contribution in [3.63, 3.8) is 0 Å². The van der Waals surface area contributed by atoms with Crippen molar-refractivity contribution in [1.82, 2.24) is 9.13 Å². The number of allylic oxidation sites excluding steroid dienone is 6. The Labute approximate surface area is 358 Å². The van der Waals surface area contributed by atoms with Gasteiger partial charge in [-0.1, -0.05) is 127 Å². The van der Waals surface area contributed by atoms with E-state index in [4.69, 9.17) is 0 Å². The van der Waals surface area contributed by atoms with Crippen LogP contribution < -0.4 is 0 Å². The molecule has 2 heterocycles. The molecule has 0 bridgehead atoms. The maximum absolute atomic E-state index is 2.57. The lowest BCUT2D eigenvalue weighted by Gasteiger charge is -2.22. The van der Waals surface area contributed by atoms with Crippen LogP contribution in [0.2, 0.25) is 0 Å². The van der Waals surface area contributed by atoms with Gasteiger partial charge in [-0.25, -0.2) is 0 Å². The quantitative estimate of drug-likeness (QED) is 0.165. The Bertz CT molecular complexity index is 3990. The smallest absolute Gasteiger partial charge is 0.0553 e. The molecule has 2 aromatic heterocycles. The van der Waals surface area contributed by atoms with E-state index in [1.54, 1.807) is 0 Å². The van der Waals surface area contributed by atoms with Gasteiger partial charge in [0.2, 0.25) is 0 Å². The third-order valence-corrected chi connectivity index (χ3v) is 14.8. The molecule has 4 aliphatic rings. The van der Waals surface area contributed by atoms with Crippen LogP contribution in [0.15, 0.2) is 182 Å². The first kappa shape index (κ1) is 33.1. The number of rotatable bonds is 2. The molecule has 0 radical (unpaired) electrons. The molecule has 0 fully saturated rings. The van der Waals surface area contributed by atoms with Gasteiger partial charge in [0, 0.05) is 32.9 Å². The van der Waals surface area contributed by atoms with E-state index in [9.17, 15) is 0 Å². The van der Waals surface area contributed by atoms with Gasteiger partial charge in [0.15, 0.2) is 0 Å². The summed E-state index contributed by atoms with van der Waals surface area (Å²) in [6.07, 6.45) is 12.2. The summed E-state index contributed by atoms with van der Waals surface area (Å²) in [5, 5.41) is 10.9. The summed E-state index contributed by atoms with van der Waals surface area (Å²) in [5.74, 6) is 0. The zero-order valence-electron chi connectivity index (χ0n) is 34.3. The van der Waals surface area contributed by atoms with E-state index in [1.165, 1.54) is 149 Å². The van der Waals surface area contributed by atoms with Crippen LogP contribution in [-0.2, 0) is 12.8 Å². The molecule has 0 N–H and O–H groups in total. The van der Waals surface area contributed by atoms with Gasteiger partial charge < -0.3 is 9.13 Å². The molecule has 11 aromatic rings. The summed E-state index contributed by atoms with van der Waals surface area (Å²) >= 11 is 0.